The van der Waals surface area contributed by atoms with Gasteiger partial charge >= 0.3 is 0 Å². The van der Waals surface area contributed by atoms with Crippen LogP contribution in [0.15, 0.2) is 41.7 Å². The van der Waals surface area contributed by atoms with E-state index < -0.39 is 0 Å². The number of aryl methyl sites for hydroxylation is 1. The molecule has 1 amide bonds. The monoisotopic (exact) mass is 350 g/mol. The van der Waals surface area contributed by atoms with Gasteiger partial charge in [0, 0.05) is 43.2 Å². The number of pyridine rings is 1. The molecule has 1 atom stereocenters. The molecular formula is C18H18N6O2. The Hall–Kier alpha value is -3.16. The molecule has 1 fully saturated rings. The van der Waals surface area contributed by atoms with Gasteiger partial charge in [0.25, 0.3) is 5.91 Å². The lowest BCUT2D eigenvalue weighted by Crippen LogP contribution is -2.39. The molecule has 1 aliphatic heterocycles. The lowest BCUT2D eigenvalue weighted by atomic mass is 9.90. The van der Waals surface area contributed by atoms with E-state index in [1.165, 1.54) is 0 Å². The molecule has 1 saturated heterocycles. The highest BCUT2D eigenvalue weighted by molar-refractivity contribution is 5.93. The van der Waals surface area contributed by atoms with Gasteiger partial charge in [0.1, 0.15) is 12.0 Å². The van der Waals surface area contributed by atoms with Crippen LogP contribution in [-0.2, 0) is 0 Å². The summed E-state index contributed by atoms with van der Waals surface area (Å²) in [4.78, 5) is 27.3. The Morgan fingerprint density at radius 2 is 2.08 bits per heavy atom. The minimum absolute atomic E-state index is 0.138. The largest absolute Gasteiger partial charge is 0.336 e. The summed E-state index contributed by atoms with van der Waals surface area (Å²) in [6.45, 7) is 2.99. The summed E-state index contributed by atoms with van der Waals surface area (Å²) < 4.78 is 4.67. The Morgan fingerprint density at radius 1 is 1.23 bits per heavy atom. The molecule has 132 valence electrons. The van der Waals surface area contributed by atoms with Crippen molar-refractivity contribution < 1.29 is 9.42 Å². The third-order valence-electron chi connectivity index (χ3n) is 4.68. The summed E-state index contributed by atoms with van der Waals surface area (Å²) in [5, 5.41) is 7.45. The van der Waals surface area contributed by atoms with Crippen LogP contribution in [0.3, 0.4) is 0 Å². The van der Waals surface area contributed by atoms with E-state index in [1.54, 1.807) is 30.5 Å². The number of nitrogens with zero attached hydrogens (tertiary/aromatic N) is 6. The van der Waals surface area contributed by atoms with Crippen molar-refractivity contribution in [2.45, 2.75) is 25.7 Å². The van der Waals surface area contributed by atoms with Gasteiger partial charge in [-0.05, 0) is 42.6 Å². The van der Waals surface area contributed by atoms with Crippen molar-refractivity contribution >= 4 is 5.91 Å². The Bertz CT molecular complexity index is 911. The highest BCUT2D eigenvalue weighted by atomic mass is 16.6. The number of amides is 1. The number of carbonyl (C=O) groups excluding carboxylic acids is 1. The molecule has 0 bridgehead atoms. The summed E-state index contributed by atoms with van der Waals surface area (Å²) in [5.41, 5.74) is 3.75. The number of aromatic nitrogens is 5. The van der Waals surface area contributed by atoms with Crippen molar-refractivity contribution in [3.05, 3.63) is 54.1 Å². The average Bonchev–Trinajstić information content (AvgIpc) is 3.14. The fourth-order valence-electron chi connectivity index (χ4n) is 3.38. The molecule has 0 saturated carbocycles. The van der Waals surface area contributed by atoms with Crippen LogP contribution in [0.25, 0.3) is 11.1 Å². The molecule has 0 radical (unpaired) electrons. The number of carbonyl (C=O) groups is 1. The second-order valence-corrected chi connectivity index (χ2v) is 6.35. The normalized spacial score (nSPS) is 17.3. The smallest absolute Gasteiger partial charge is 0.278 e. The summed E-state index contributed by atoms with van der Waals surface area (Å²) in [6.07, 6.45) is 8.76. The Kier molecular flexibility index (Phi) is 4.39. The van der Waals surface area contributed by atoms with Gasteiger partial charge in [-0.25, -0.2) is 14.6 Å². The number of hydrogen-bond donors (Lipinski definition) is 0. The van der Waals surface area contributed by atoms with Crippen LogP contribution in [0.2, 0.25) is 0 Å². The van der Waals surface area contributed by atoms with Gasteiger partial charge in [-0.1, -0.05) is 5.16 Å². The first kappa shape index (κ1) is 16.3. The van der Waals surface area contributed by atoms with Crippen LogP contribution in [0.1, 0.15) is 40.6 Å². The van der Waals surface area contributed by atoms with Gasteiger partial charge in [-0.3, -0.25) is 9.78 Å². The summed E-state index contributed by atoms with van der Waals surface area (Å²) in [6, 6.07) is 3.89. The topological polar surface area (TPSA) is 97.9 Å². The number of piperidine rings is 1. The van der Waals surface area contributed by atoms with Crippen LogP contribution in [0, 0.1) is 6.92 Å². The van der Waals surface area contributed by atoms with Gasteiger partial charge in [-0.2, -0.15) is 0 Å². The molecule has 8 nitrogen and oxygen atoms in total. The van der Waals surface area contributed by atoms with Crippen molar-refractivity contribution in [1.29, 1.82) is 0 Å². The van der Waals surface area contributed by atoms with Crippen LogP contribution in [-0.4, -0.2) is 49.2 Å². The molecule has 0 aromatic carbocycles. The minimum Gasteiger partial charge on any atom is -0.336 e. The van der Waals surface area contributed by atoms with Gasteiger partial charge in [0.05, 0.1) is 5.69 Å². The quantitative estimate of drug-likeness (QED) is 0.714. The number of hydrogen-bond acceptors (Lipinski definition) is 7. The molecule has 4 heterocycles. The molecule has 0 aliphatic carbocycles. The van der Waals surface area contributed by atoms with E-state index >= 15 is 0 Å². The molecule has 4 rings (SSSR count). The number of likely N-dealkylation sites (tertiary alicyclic amines) is 1. The second-order valence-electron chi connectivity index (χ2n) is 6.35. The molecule has 0 N–H and O–H groups in total. The SMILES string of the molecule is Cc1nonc1C(=O)N1CCC[C@@H](c2ncncc2-c2ccncc2)C1. The maximum Gasteiger partial charge on any atom is 0.278 e. The minimum atomic E-state index is -0.145. The predicted octanol–water partition coefficient (Wildman–Crippen LogP) is 2.25. The van der Waals surface area contributed by atoms with E-state index in [4.69, 9.17) is 0 Å². The maximum absolute atomic E-state index is 12.7. The first-order valence-electron chi connectivity index (χ1n) is 8.53. The molecule has 0 spiro atoms. The first-order chi connectivity index (χ1) is 12.7. The zero-order chi connectivity index (χ0) is 17.9. The fourth-order valence-corrected chi connectivity index (χ4v) is 3.38. The predicted molar refractivity (Wildman–Crippen MR) is 92.2 cm³/mol. The van der Waals surface area contributed by atoms with E-state index in [0.717, 1.165) is 29.7 Å². The number of rotatable bonds is 3. The van der Waals surface area contributed by atoms with Crippen LogP contribution >= 0.6 is 0 Å². The molecule has 26 heavy (non-hydrogen) atoms. The van der Waals surface area contributed by atoms with Crippen LogP contribution in [0.4, 0.5) is 0 Å². The molecule has 8 heteroatoms. The van der Waals surface area contributed by atoms with Gasteiger partial charge in [0.15, 0.2) is 5.69 Å². The Morgan fingerprint density at radius 3 is 2.85 bits per heavy atom. The molecule has 1 aliphatic rings. The third-order valence-corrected chi connectivity index (χ3v) is 4.68. The van der Waals surface area contributed by atoms with Crippen LogP contribution < -0.4 is 0 Å². The van der Waals surface area contributed by atoms with Gasteiger partial charge < -0.3 is 4.90 Å². The van der Waals surface area contributed by atoms with E-state index in [1.807, 2.05) is 18.3 Å². The van der Waals surface area contributed by atoms with Crippen molar-refractivity contribution in [2.75, 3.05) is 13.1 Å². The second kappa shape index (κ2) is 6.99. The zero-order valence-corrected chi connectivity index (χ0v) is 14.4. The van der Waals surface area contributed by atoms with Crippen molar-refractivity contribution in [1.82, 2.24) is 30.2 Å². The van der Waals surface area contributed by atoms with E-state index in [2.05, 4.69) is 29.9 Å². The van der Waals surface area contributed by atoms with Gasteiger partial charge in [0.2, 0.25) is 0 Å². The first-order valence-corrected chi connectivity index (χ1v) is 8.53. The molecule has 3 aromatic heterocycles. The zero-order valence-electron chi connectivity index (χ0n) is 14.4. The summed E-state index contributed by atoms with van der Waals surface area (Å²) >= 11 is 0. The standard InChI is InChI=1S/C18H18N6O2/c1-12-16(23-26-22-12)18(25)24-8-2-3-14(10-24)17-15(9-20-11-21-17)13-4-6-19-7-5-13/h4-7,9,11,14H,2-3,8,10H2,1H3/t14-/m1/s1. The van der Waals surface area contributed by atoms with Crippen molar-refractivity contribution in [3.63, 3.8) is 0 Å². The van der Waals surface area contributed by atoms with Crippen molar-refractivity contribution in [2.24, 2.45) is 0 Å². The Labute approximate surface area is 150 Å². The lowest BCUT2D eigenvalue weighted by Gasteiger charge is -2.32. The van der Waals surface area contributed by atoms with E-state index in [-0.39, 0.29) is 17.5 Å². The van der Waals surface area contributed by atoms with Gasteiger partial charge in [-0.15, -0.1) is 0 Å². The third kappa shape index (κ3) is 3.05. The van der Waals surface area contributed by atoms with E-state index in [0.29, 0.717) is 18.8 Å². The van der Waals surface area contributed by atoms with E-state index in [9.17, 15) is 4.79 Å². The highest BCUT2D eigenvalue weighted by Gasteiger charge is 2.30. The lowest BCUT2D eigenvalue weighted by molar-refractivity contribution is 0.0694. The Balaban J connectivity index is 1.61. The maximum atomic E-state index is 12.7. The van der Waals surface area contributed by atoms with Crippen LogP contribution in [0.5, 0.6) is 0 Å². The summed E-state index contributed by atoms with van der Waals surface area (Å²) in [5.74, 6) is -0.00741. The molecule has 0 unspecified atom stereocenters. The van der Waals surface area contributed by atoms with Crippen molar-refractivity contribution in [3.8, 4) is 11.1 Å². The highest BCUT2D eigenvalue weighted by Crippen LogP contribution is 2.32. The summed E-state index contributed by atoms with van der Waals surface area (Å²) in [7, 11) is 0. The average molecular weight is 350 g/mol. The molecular weight excluding hydrogens is 332 g/mol. The molecule has 3 aromatic rings. The fraction of sp³-hybridized carbons (Fsp3) is 0.333.